The summed E-state index contributed by atoms with van der Waals surface area (Å²) in [5.41, 5.74) is 7.50. The van der Waals surface area contributed by atoms with Crippen molar-refractivity contribution < 1.29 is 8.81 Å². The summed E-state index contributed by atoms with van der Waals surface area (Å²) in [5, 5.41) is 1.31. The molecule has 0 fully saturated rings. The second kappa shape index (κ2) is 4.64. The van der Waals surface area contributed by atoms with Gasteiger partial charge in [0.05, 0.1) is 17.3 Å². The van der Waals surface area contributed by atoms with E-state index in [1.54, 1.807) is 12.1 Å². The van der Waals surface area contributed by atoms with Crippen LogP contribution in [0.1, 0.15) is 5.76 Å². The Balaban J connectivity index is 2.17. The van der Waals surface area contributed by atoms with Crippen LogP contribution < -0.4 is 5.73 Å². The van der Waals surface area contributed by atoms with Crippen molar-refractivity contribution in [2.24, 2.45) is 5.73 Å². The number of hydrogen-bond acceptors (Lipinski definition) is 3. The molecule has 0 saturated heterocycles. The molecule has 2 heterocycles. The standard InChI is InChI=1S/C14H9ClFN2O/c15-12-5-8(13-2-1-10(16)7-18-13)3-9-4-11(6-17)19-14(9)12/h1-5H,6,17H2. The van der Waals surface area contributed by atoms with Gasteiger partial charge in [-0.25, -0.2) is 9.37 Å². The quantitative estimate of drug-likeness (QED) is 0.778. The third-order valence-electron chi connectivity index (χ3n) is 2.79. The Labute approximate surface area is 113 Å². The van der Waals surface area contributed by atoms with Gasteiger partial charge in [-0.2, -0.15) is 0 Å². The zero-order valence-corrected chi connectivity index (χ0v) is 10.5. The number of nitrogens with zero attached hydrogens (tertiary/aromatic N) is 1. The van der Waals surface area contributed by atoms with Gasteiger partial charge in [-0.3, -0.25) is 0 Å². The molecule has 0 amide bonds. The minimum atomic E-state index is -0.496. The first kappa shape index (κ1) is 12.1. The molecule has 0 spiro atoms. The summed E-state index contributed by atoms with van der Waals surface area (Å²) in [4.78, 5) is 3.91. The Morgan fingerprint density at radius 2 is 2.16 bits per heavy atom. The van der Waals surface area contributed by atoms with E-state index in [4.69, 9.17) is 21.8 Å². The van der Waals surface area contributed by atoms with Crippen LogP contribution in [0.15, 0.2) is 34.7 Å². The van der Waals surface area contributed by atoms with E-state index in [0.29, 0.717) is 28.6 Å². The van der Waals surface area contributed by atoms with Gasteiger partial charge in [-0.05, 0) is 30.3 Å². The molecule has 2 N–H and O–H groups in total. The molecule has 2 aromatic heterocycles. The molecule has 1 radical (unpaired) electrons. The van der Waals surface area contributed by atoms with Crippen molar-refractivity contribution in [1.82, 2.24) is 4.98 Å². The second-order valence-electron chi connectivity index (χ2n) is 4.08. The van der Waals surface area contributed by atoms with Crippen LogP contribution in [0.25, 0.3) is 22.2 Å². The number of rotatable bonds is 2. The average Bonchev–Trinajstić information content (AvgIpc) is 2.83. The van der Waals surface area contributed by atoms with Gasteiger partial charge in [0, 0.05) is 10.9 Å². The molecule has 19 heavy (non-hydrogen) atoms. The number of halogens is 2. The topological polar surface area (TPSA) is 52.0 Å². The third-order valence-corrected chi connectivity index (χ3v) is 3.07. The first-order chi connectivity index (χ1) is 9.17. The number of benzene rings is 1. The maximum atomic E-state index is 12.8. The molecule has 0 aliphatic carbocycles. The molecule has 5 heteroatoms. The molecule has 3 nitrogen and oxygen atoms in total. The number of aromatic nitrogens is 1. The van der Waals surface area contributed by atoms with Crippen LogP contribution in [0.3, 0.4) is 0 Å². The van der Waals surface area contributed by atoms with Crippen molar-refractivity contribution in [3.05, 3.63) is 53.1 Å². The summed E-state index contributed by atoms with van der Waals surface area (Å²) in [7, 11) is 0. The molecule has 0 atom stereocenters. The van der Waals surface area contributed by atoms with Gasteiger partial charge in [-0.15, -0.1) is 0 Å². The number of pyridine rings is 1. The van der Waals surface area contributed by atoms with Crippen molar-refractivity contribution in [3.8, 4) is 11.3 Å². The van der Waals surface area contributed by atoms with Crippen LogP contribution in [0.4, 0.5) is 4.39 Å². The highest BCUT2D eigenvalue weighted by atomic mass is 35.5. The monoisotopic (exact) mass is 275 g/mol. The van der Waals surface area contributed by atoms with Crippen LogP contribution in [0.2, 0.25) is 5.02 Å². The van der Waals surface area contributed by atoms with Gasteiger partial charge >= 0.3 is 0 Å². The van der Waals surface area contributed by atoms with Crippen molar-refractivity contribution in [3.63, 3.8) is 0 Å². The molecule has 0 aliphatic rings. The van der Waals surface area contributed by atoms with Crippen molar-refractivity contribution in [2.75, 3.05) is 0 Å². The number of hydrogen-bond donors (Lipinski definition) is 1. The highest BCUT2D eigenvalue weighted by molar-refractivity contribution is 6.35. The SMILES string of the molecule is NCc1cc2cc(-c3ccc(F)[c]n3)cc(Cl)c2o1. The zero-order valence-electron chi connectivity index (χ0n) is 9.78. The first-order valence-electron chi connectivity index (χ1n) is 5.64. The normalized spacial score (nSPS) is 11.1. The predicted molar refractivity (Wildman–Crippen MR) is 71.1 cm³/mol. The zero-order chi connectivity index (χ0) is 13.4. The van der Waals surface area contributed by atoms with Crippen molar-refractivity contribution in [2.45, 2.75) is 6.54 Å². The first-order valence-corrected chi connectivity index (χ1v) is 6.02. The summed E-state index contributed by atoms with van der Waals surface area (Å²) >= 11 is 6.17. The molecular weight excluding hydrogens is 267 g/mol. The van der Waals surface area contributed by atoms with Crippen LogP contribution in [-0.4, -0.2) is 4.98 Å². The van der Waals surface area contributed by atoms with Crippen molar-refractivity contribution in [1.29, 1.82) is 0 Å². The fraction of sp³-hybridized carbons (Fsp3) is 0.0714. The highest BCUT2D eigenvalue weighted by Crippen LogP contribution is 2.32. The van der Waals surface area contributed by atoms with E-state index < -0.39 is 5.82 Å². The smallest absolute Gasteiger partial charge is 0.152 e. The molecule has 3 aromatic rings. The molecule has 0 bridgehead atoms. The van der Waals surface area contributed by atoms with Gasteiger partial charge < -0.3 is 10.2 Å². The van der Waals surface area contributed by atoms with Crippen molar-refractivity contribution >= 4 is 22.6 Å². The Morgan fingerprint density at radius 1 is 1.32 bits per heavy atom. The average molecular weight is 276 g/mol. The van der Waals surface area contributed by atoms with Crippen LogP contribution in [-0.2, 0) is 6.54 Å². The highest BCUT2D eigenvalue weighted by Gasteiger charge is 2.10. The summed E-state index contributed by atoms with van der Waals surface area (Å²) in [6.07, 6.45) is 2.28. The van der Waals surface area contributed by atoms with E-state index in [9.17, 15) is 4.39 Å². The lowest BCUT2D eigenvalue weighted by molar-refractivity contribution is 0.552. The maximum Gasteiger partial charge on any atom is 0.152 e. The van der Waals surface area contributed by atoms with Gasteiger partial charge in [-0.1, -0.05) is 11.6 Å². The Hall–Kier alpha value is -1.91. The van der Waals surface area contributed by atoms with Crippen LogP contribution >= 0.6 is 11.6 Å². The Bertz CT molecular complexity index is 737. The van der Waals surface area contributed by atoms with Gasteiger partial charge in [0.1, 0.15) is 12.0 Å². The summed E-state index contributed by atoms with van der Waals surface area (Å²) in [5.74, 6) is 0.164. The predicted octanol–water partition coefficient (Wildman–Crippen LogP) is 3.55. The lowest BCUT2D eigenvalue weighted by Crippen LogP contribution is -1.92. The van der Waals surface area contributed by atoms with Crippen LogP contribution in [0, 0.1) is 12.0 Å². The van der Waals surface area contributed by atoms with E-state index in [1.165, 1.54) is 6.07 Å². The minimum Gasteiger partial charge on any atom is -0.458 e. The minimum absolute atomic E-state index is 0.308. The van der Waals surface area contributed by atoms with Gasteiger partial charge in [0.25, 0.3) is 0 Å². The maximum absolute atomic E-state index is 12.8. The van der Waals surface area contributed by atoms with E-state index in [0.717, 1.165) is 10.9 Å². The van der Waals surface area contributed by atoms with Gasteiger partial charge in [0.2, 0.25) is 0 Å². The fourth-order valence-corrected chi connectivity index (χ4v) is 2.18. The fourth-order valence-electron chi connectivity index (χ4n) is 1.91. The summed E-state index contributed by atoms with van der Waals surface area (Å²) in [6.45, 7) is 0.308. The van der Waals surface area contributed by atoms with Crippen LogP contribution in [0.5, 0.6) is 0 Å². The molecule has 1 aromatic carbocycles. The lowest BCUT2D eigenvalue weighted by atomic mass is 10.1. The van der Waals surface area contributed by atoms with Gasteiger partial charge in [0.15, 0.2) is 11.4 Å². The number of fused-ring (bicyclic) bond motifs is 1. The van der Waals surface area contributed by atoms with E-state index >= 15 is 0 Å². The summed E-state index contributed by atoms with van der Waals surface area (Å²) in [6, 6.07) is 8.31. The number of nitrogens with two attached hydrogens (primary N) is 1. The van der Waals surface area contributed by atoms with E-state index in [2.05, 4.69) is 11.2 Å². The molecular formula is C14H9ClFN2O. The largest absolute Gasteiger partial charge is 0.458 e. The van der Waals surface area contributed by atoms with E-state index in [-0.39, 0.29) is 0 Å². The second-order valence-corrected chi connectivity index (χ2v) is 4.49. The summed E-state index contributed by atoms with van der Waals surface area (Å²) < 4.78 is 18.3. The molecule has 0 aliphatic heterocycles. The Kier molecular flexibility index (Phi) is 2.97. The lowest BCUT2D eigenvalue weighted by Gasteiger charge is -2.01. The molecule has 95 valence electrons. The molecule has 0 unspecified atom stereocenters. The Morgan fingerprint density at radius 3 is 2.84 bits per heavy atom. The number of furan rings is 1. The molecule has 0 saturated carbocycles. The molecule has 3 rings (SSSR count). The van der Waals surface area contributed by atoms with E-state index in [1.807, 2.05) is 12.1 Å². The third kappa shape index (κ3) is 2.20.